The highest BCUT2D eigenvalue weighted by atomic mass is 32.1. The first kappa shape index (κ1) is 16.4. The maximum Gasteiger partial charge on any atom is 0.265 e. The molecule has 3 fully saturated rings. The lowest BCUT2D eigenvalue weighted by Gasteiger charge is -2.53. The maximum absolute atomic E-state index is 12.8. The molecule has 4 atom stereocenters. The normalized spacial score (nSPS) is 33.3. The van der Waals surface area contributed by atoms with E-state index in [-0.39, 0.29) is 17.9 Å². The Kier molecular flexibility index (Phi) is 4.58. The zero-order valence-corrected chi connectivity index (χ0v) is 15.2. The molecule has 0 radical (unpaired) electrons. The predicted octanol–water partition coefficient (Wildman–Crippen LogP) is 2.03. The van der Waals surface area contributed by atoms with Crippen LogP contribution in [0, 0.1) is 5.92 Å². The van der Waals surface area contributed by atoms with Crippen LogP contribution in [0.5, 0.6) is 0 Å². The van der Waals surface area contributed by atoms with Gasteiger partial charge in [-0.15, -0.1) is 5.10 Å². The quantitative estimate of drug-likeness (QED) is 0.900. The number of fused-ring (bicyclic) bond motifs is 1. The fourth-order valence-corrected chi connectivity index (χ4v) is 5.19. The average molecular weight is 350 g/mol. The minimum atomic E-state index is -0.00828. The Balaban J connectivity index is 1.49. The van der Waals surface area contributed by atoms with E-state index < -0.39 is 0 Å². The number of rotatable bonds is 4. The van der Waals surface area contributed by atoms with E-state index >= 15 is 0 Å². The van der Waals surface area contributed by atoms with Gasteiger partial charge in [-0.05, 0) is 49.8 Å². The summed E-state index contributed by atoms with van der Waals surface area (Å²) in [7, 11) is 0. The number of ether oxygens (including phenoxy) is 1. The molecule has 0 unspecified atom stereocenters. The van der Waals surface area contributed by atoms with Crippen molar-refractivity contribution in [2.45, 2.75) is 63.6 Å². The summed E-state index contributed by atoms with van der Waals surface area (Å²) >= 11 is 1.21. The number of amides is 1. The lowest BCUT2D eigenvalue weighted by Crippen LogP contribution is -2.71. The number of hydrogen-bond acceptors (Lipinski definition) is 6. The van der Waals surface area contributed by atoms with Gasteiger partial charge in [0.1, 0.15) is 4.88 Å². The highest BCUT2D eigenvalue weighted by Crippen LogP contribution is 2.42. The third kappa shape index (κ3) is 2.76. The van der Waals surface area contributed by atoms with Crippen LogP contribution in [0.1, 0.15) is 60.8 Å². The minimum absolute atomic E-state index is 0.00828. The van der Waals surface area contributed by atoms with Crippen LogP contribution in [0.15, 0.2) is 0 Å². The number of hydrogen-bond donors (Lipinski definition) is 1. The predicted molar refractivity (Wildman–Crippen MR) is 92.3 cm³/mol. The van der Waals surface area contributed by atoms with Crippen LogP contribution >= 0.6 is 11.5 Å². The lowest BCUT2D eigenvalue weighted by atomic mass is 9.70. The first-order valence-electron chi connectivity index (χ1n) is 9.15. The third-order valence-corrected chi connectivity index (χ3v) is 6.47. The molecule has 0 spiro atoms. The molecule has 1 aromatic heterocycles. The Morgan fingerprint density at radius 1 is 1.33 bits per heavy atom. The molecule has 3 heterocycles. The standard InChI is InChI=1S/C17H26N4O2S/c1-10(2)12-16(24-20-19-12)17(22)18-13-11-6-9-23-15(11)14(13)21-7-4-3-5-8-21/h10-11,13-15H,3-9H2,1-2H3,(H,18,22)/t11-,13+,14-,15-/m1/s1. The van der Waals surface area contributed by atoms with Crippen molar-refractivity contribution in [3.05, 3.63) is 10.6 Å². The van der Waals surface area contributed by atoms with Crippen molar-refractivity contribution in [3.8, 4) is 0 Å². The maximum atomic E-state index is 12.8. The molecule has 1 amide bonds. The van der Waals surface area contributed by atoms with E-state index in [1.165, 1.54) is 30.8 Å². The molecule has 0 bridgehead atoms. The highest BCUT2D eigenvalue weighted by molar-refractivity contribution is 7.08. The van der Waals surface area contributed by atoms with Crippen LogP contribution in [-0.2, 0) is 4.74 Å². The van der Waals surface area contributed by atoms with Crippen LogP contribution in [0.3, 0.4) is 0 Å². The molecule has 1 aromatic rings. The van der Waals surface area contributed by atoms with Gasteiger partial charge in [0.05, 0.1) is 23.9 Å². The summed E-state index contributed by atoms with van der Waals surface area (Å²) in [5.74, 6) is 0.668. The molecule has 3 aliphatic rings. The highest BCUT2D eigenvalue weighted by Gasteiger charge is 2.56. The van der Waals surface area contributed by atoms with Gasteiger partial charge >= 0.3 is 0 Å². The molecule has 24 heavy (non-hydrogen) atoms. The van der Waals surface area contributed by atoms with Crippen LogP contribution in [0.25, 0.3) is 0 Å². The molecular weight excluding hydrogens is 324 g/mol. The van der Waals surface area contributed by atoms with Crippen molar-refractivity contribution in [1.29, 1.82) is 0 Å². The number of aromatic nitrogens is 2. The summed E-state index contributed by atoms with van der Waals surface area (Å²) in [6.07, 6.45) is 5.19. The number of likely N-dealkylation sites (tertiary alicyclic amines) is 1. The molecule has 1 aliphatic carbocycles. The van der Waals surface area contributed by atoms with Gasteiger partial charge in [-0.25, -0.2) is 0 Å². The second-order valence-corrected chi connectivity index (χ2v) is 8.27. The van der Waals surface area contributed by atoms with E-state index in [4.69, 9.17) is 4.74 Å². The first-order valence-corrected chi connectivity index (χ1v) is 9.93. The van der Waals surface area contributed by atoms with E-state index in [1.807, 2.05) is 13.8 Å². The van der Waals surface area contributed by atoms with E-state index in [1.54, 1.807) is 0 Å². The summed E-state index contributed by atoms with van der Waals surface area (Å²) in [6.45, 7) is 7.18. The summed E-state index contributed by atoms with van der Waals surface area (Å²) in [5, 5.41) is 7.44. The monoisotopic (exact) mass is 350 g/mol. The summed E-state index contributed by atoms with van der Waals surface area (Å²) in [4.78, 5) is 16.0. The summed E-state index contributed by atoms with van der Waals surface area (Å²) < 4.78 is 9.95. The fraction of sp³-hybridized carbons (Fsp3) is 0.824. The zero-order valence-electron chi connectivity index (χ0n) is 14.4. The summed E-state index contributed by atoms with van der Waals surface area (Å²) in [6, 6.07) is 0.537. The Morgan fingerprint density at radius 3 is 2.88 bits per heavy atom. The lowest BCUT2D eigenvalue weighted by molar-refractivity contribution is -0.0862. The van der Waals surface area contributed by atoms with Gasteiger partial charge in [-0.3, -0.25) is 9.69 Å². The Bertz CT molecular complexity index is 599. The van der Waals surface area contributed by atoms with Crippen molar-refractivity contribution in [2.24, 2.45) is 5.92 Å². The zero-order chi connectivity index (χ0) is 16.7. The summed E-state index contributed by atoms with van der Waals surface area (Å²) in [5.41, 5.74) is 0.811. The molecule has 2 aliphatic heterocycles. The molecule has 7 heteroatoms. The SMILES string of the molecule is CC(C)c1nnsc1C(=O)N[C@H]1[C@H]2CCO[C@H]2[C@@H]1N1CCCCC1. The average Bonchev–Trinajstić information content (AvgIpc) is 3.21. The molecule has 2 saturated heterocycles. The van der Waals surface area contributed by atoms with Gasteiger partial charge < -0.3 is 10.1 Å². The first-order chi connectivity index (χ1) is 11.7. The van der Waals surface area contributed by atoms with Crippen molar-refractivity contribution in [3.63, 3.8) is 0 Å². The topological polar surface area (TPSA) is 67.3 Å². The van der Waals surface area contributed by atoms with Gasteiger partial charge in [0.25, 0.3) is 5.91 Å². The molecule has 1 saturated carbocycles. The molecule has 1 N–H and O–H groups in total. The number of piperidine rings is 1. The van der Waals surface area contributed by atoms with Crippen LogP contribution in [0.2, 0.25) is 0 Å². The van der Waals surface area contributed by atoms with Gasteiger partial charge in [0.2, 0.25) is 0 Å². The fourth-order valence-electron chi connectivity index (χ4n) is 4.47. The molecule has 132 valence electrons. The van der Waals surface area contributed by atoms with E-state index in [9.17, 15) is 4.79 Å². The van der Waals surface area contributed by atoms with Crippen molar-refractivity contribution in [2.75, 3.05) is 19.7 Å². The molecular formula is C17H26N4O2S. The Labute approximate surface area is 147 Å². The van der Waals surface area contributed by atoms with Crippen LogP contribution in [-0.4, -0.2) is 58.3 Å². The van der Waals surface area contributed by atoms with E-state index in [0.717, 1.165) is 31.8 Å². The smallest absolute Gasteiger partial charge is 0.265 e. The number of carbonyl (C=O) groups excluding carboxylic acids is 1. The van der Waals surface area contributed by atoms with Gasteiger partial charge in [-0.1, -0.05) is 24.8 Å². The van der Waals surface area contributed by atoms with E-state index in [2.05, 4.69) is 19.8 Å². The second kappa shape index (κ2) is 6.69. The number of nitrogens with zero attached hydrogens (tertiary/aromatic N) is 3. The van der Waals surface area contributed by atoms with Gasteiger partial charge in [-0.2, -0.15) is 0 Å². The van der Waals surface area contributed by atoms with Crippen molar-refractivity contribution < 1.29 is 9.53 Å². The van der Waals surface area contributed by atoms with Gasteiger partial charge in [0.15, 0.2) is 0 Å². The Hall–Kier alpha value is -1.05. The largest absolute Gasteiger partial charge is 0.376 e. The van der Waals surface area contributed by atoms with Crippen molar-refractivity contribution >= 4 is 17.4 Å². The molecule has 6 nitrogen and oxygen atoms in total. The van der Waals surface area contributed by atoms with Crippen molar-refractivity contribution in [1.82, 2.24) is 19.8 Å². The molecule has 0 aromatic carbocycles. The van der Waals surface area contributed by atoms with Crippen LogP contribution in [0.4, 0.5) is 0 Å². The number of carbonyl (C=O) groups is 1. The van der Waals surface area contributed by atoms with Crippen LogP contribution < -0.4 is 5.32 Å². The third-order valence-electron chi connectivity index (χ3n) is 5.73. The Morgan fingerprint density at radius 2 is 2.12 bits per heavy atom. The minimum Gasteiger partial charge on any atom is -0.376 e. The number of nitrogens with one attached hydrogen (secondary N) is 1. The second-order valence-electron chi connectivity index (χ2n) is 7.52. The van der Waals surface area contributed by atoms with E-state index in [0.29, 0.717) is 22.9 Å². The molecule has 4 rings (SSSR count). The van der Waals surface area contributed by atoms with Gasteiger partial charge in [0, 0.05) is 12.5 Å².